The van der Waals surface area contributed by atoms with Gasteiger partial charge in [0.2, 0.25) is 15.9 Å². The summed E-state index contributed by atoms with van der Waals surface area (Å²) in [4.78, 5) is 12.7. The molecule has 0 spiro atoms. The zero-order valence-corrected chi connectivity index (χ0v) is 20.1. The number of hydrogen-bond acceptors (Lipinski definition) is 7. The molecule has 0 saturated heterocycles. The normalized spacial score (nSPS) is 12.1. The van der Waals surface area contributed by atoms with Crippen LogP contribution in [0.15, 0.2) is 70.2 Å². The molecule has 1 heterocycles. The molecule has 34 heavy (non-hydrogen) atoms. The van der Waals surface area contributed by atoms with Crippen LogP contribution in [-0.2, 0) is 21.2 Å². The molecule has 0 aliphatic heterocycles. The van der Waals surface area contributed by atoms with E-state index < -0.39 is 16.1 Å². The zero-order valence-electron chi connectivity index (χ0n) is 19.2. The quantitative estimate of drug-likeness (QED) is 0.402. The van der Waals surface area contributed by atoms with Crippen LogP contribution in [0.2, 0.25) is 0 Å². The molecule has 0 bridgehead atoms. The Balaban J connectivity index is 1.63. The molecule has 0 aliphatic carbocycles. The number of carbonyl (C=O) groups is 1. The van der Waals surface area contributed by atoms with Crippen molar-refractivity contribution in [1.82, 2.24) is 10.0 Å². The number of carbonyl (C=O) groups excluding carboxylic acids is 1. The van der Waals surface area contributed by atoms with Crippen molar-refractivity contribution in [2.45, 2.75) is 23.8 Å². The van der Waals surface area contributed by atoms with Gasteiger partial charge in [-0.15, -0.1) is 0 Å². The van der Waals surface area contributed by atoms with Gasteiger partial charge >= 0.3 is 0 Å². The van der Waals surface area contributed by atoms with E-state index >= 15 is 0 Å². The fourth-order valence-electron chi connectivity index (χ4n) is 3.34. The Labute approximate surface area is 199 Å². The molecule has 0 aliphatic rings. The Kier molecular flexibility index (Phi) is 8.55. The molecule has 1 amide bonds. The summed E-state index contributed by atoms with van der Waals surface area (Å²) in [6.45, 7) is 0.365. The number of benzene rings is 2. The number of amides is 1. The van der Waals surface area contributed by atoms with Crippen molar-refractivity contribution in [2.75, 3.05) is 27.9 Å². The van der Waals surface area contributed by atoms with Crippen LogP contribution < -0.4 is 24.2 Å². The molecule has 1 atom stereocenters. The van der Waals surface area contributed by atoms with Crippen LogP contribution in [-0.4, -0.2) is 42.2 Å². The van der Waals surface area contributed by atoms with Crippen molar-refractivity contribution in [1.29, 1.82) is 0 Å². The van der Waals surface area contributed by atoms with Gasteiger partial charge in [0.25, 0.3) is 0 Å². The summed E-state index contributed by atoms with van der Waals surface area (Å²) >= 11 is 0. The second-order valence-corrected chi connectivity index (χ2v) is 9.07. The van der Waals surface area contributed by atoms with Gasteiger partial charge in [0.15, 0.2) is 11.5 Å². The third-order valence-electron chi connectivity index (χ3n) is 5.13. The predicted molar refractivity (Wildman–Crippen MR) is 126 cm³/mol. The standard InChI is InChI=1S/C24H28N2O7S/c1-30-18-7-9-19(10-8-18)34(28,29)26-20(21-5-4-14-33-21)16-24(27)25-13-12-17-6-11-22(31-2)23(15-17)32-3/h4-11,14-15,20,26H,12-13,16H2,1-3H3,(H,25,27)/t20-/m1/s1. The highest BCUT2D eigenvalue weighted by atomic mass is 32.2. The lowest BCUT2D eigenvalue weighted by molar-refractivity contribution is -0.121. The number of nitrogens with one attached hydrogen (secondary N) is 2. The van der Waals surface area contributed by atoms with E-state index in [9.17, 15) is 13.2 Å². The number of rotatable bonds is 12. The number of sulfonamides is 1. The molecule has 2 aromatic carbocycles. The average Bonchev–Trinajstić information content (AvgIpc) is 3.38. The lowest BCUT2D eigenvalue weighted by atomic mass is 10.1. The van der Waals surface area contributed by atoms with Gasteiger partial charge in [-0.3, -0.25) is 4.79 Å². The maximum absolute atomic E-state index is 12.9. The Bertz CT molecular complexity index is 1180. The molecule has 1 aromatic heterocycles. The SMILES string of the molecule is COc1ccc(S(=O)(=O)N[C@H](CC(=O)NCCc2ccc(OC)c(OC)c2)c2ccco2)cc1. The minimum Gasteiger partial charge on any atom is -0.497 e. The van der Waals surface area contributed by atoms with Crippen LogP contribution in [0.5, 0.6) is 17.2 Å². The zero-order chi connectivity index (χ0) is 24.6. The minimum atomic E-state index is -3.91. The monoisotopic (exact) mass is 488 g/mol. The highest BCUT2D eigenvalue weighted by molar-refractivity contribution is 7.89. The second kappa shape index (κ2) is 11.6. The van der Waals surface area contributed by atoms with E-state index in [1.165, 1.54) is 25.5 Å². The van der Waals surface area contributed by atoms with E-state index in [-0.39, 0.29) is 17.2 Å². The van der Waals surface area contributed by atoms with E-state index in [1.807, 2.05) is 12.1 Å². The third kappa shape index (κ3) is 6.52. The molecule has 3 rings (SSSR count). The largest absolute Gasteiger partial charge is 0.497 e. The molecule has 0 radical (unpaired) electrons. The van der Waals surface area contributed by atoms with Crippen LogP contribution in [0.1, 0.15) is 23.8 Å². The van der Waals surface area contributed by atoms with Gasteiger partial charge in [-0.25, -0.2) is 8.42 Å². The van der Waals surface area contributed by atoms with Gasteiger partial charge in [-0.1, -0.05) is 6.07 Å². The van der Waals surface area contributed by atoms with Crippen LogP contribution in [0.4, 0.5) is 0 Å². The first-order valence-corrected chi connectivity index (χ1v) is 12.0. The van der Waals surface area contributed by atoms with Crippen molar-refractivity contribution >= 4 is 15.9 Å². The van der Waals surface area contributed by atoms with Crippen LogP contribution in [0.25, 0.3) is 0 Å². The van der Waals surface area contributed by atoms with E-state index in [0.717, 1.165) is 5.56 Å². The molecular weight excluding hydrogens is 460 g/mol. The fourth-order valence-corrected chi connectivity index (χ4v) is 4.54. The minimum absolute atomic E-state index is 0.0544. The van der Waals surface area contributed by atoms with Gasteiger partial charge in [0.05, 0.1) is 45.0 Å². The van der Waals surface area contributed by atoms with Crippen molar-refractivity contribution in [3.8, 4) is 17.2 Å². The van der Waals surface area contributed by atoms with Crippen molar-refractivity contribution in [2.24, 2.45) is 0 Å². The summed E-state index contributed by atoms with van der Waals surface area (Å²) in [6, 6.07) is 13.9. The Morgan fingerprint density at radius 1 is 0.971 bits per heavy atom. The summed E-state index contributed by atoms with van der Waals surface area (Å²) in [5.41, 5.74) is 0.959. The van der Waals surface area contributed by atoms with Crippen LogP contribution in [0, 0.1) is 0 Å². The summed E-state index contributed by atoms with van der Waals surface area (Å²) in [5.74, 6) is 1.79. The van der Waals surface area contributed by atoms with Crippen LogP contribution >= 0.6 is 0 Å². The van der Waals surface area contributed by atoms with Crippen molar-refractivity contribution in [3.63, 3.8) is 0 Å². The fraction of sp³-hybridized carbons (Fsp3) is 0.292. The highest BCUT2D eigenvalue weighted by Gasteiger charge is 2.25. The molecule has 3 aromatic rings. The van der Waals surface area contributed by atoms with E-state index in [0.29, 0.717) is 36.0 Å². The first kappa shape index (κ1) is 25.1. The summed E-state index contributed by atoms with van der Waals surface area (Å²) < 4.78 is 49.3. The average molecular weight is 489 g/mol. The second-order valence-electron chi connectivity index (χ2n) is 7.36. The van der Waals surface area contributed by atoms with Gasteiger partial charge in [0.1, 0.15) is 11.5 Å². The smallest absolute Gasteiger partial charge is 0.241 e. The van der Waals surface area contributed by atoms with E-state index in [4.69, 9.17) is 18.6 Å². The summed E-state index contributed by atoms with van der Waals surface area (Å²) in [5, 5.41) is 2.83. The van der Waals surface area contributed by atoms with E-state index in [1.54, 1.807) is 44.6 Å². The summed E-state index contributed by atoms with van der Waals surface area (Å²) in [6.07, 6.45) is 1.86. The molecule has 0 fully saturated rings. The predicted octanol–water partition coefficient (Wildman–Crippen LogP) is 3.07. The van der Waals surface area contributed by atoms with Gasteiger partial charge in [-0.2, -0.15) is 4.72 Å². The lowest BCUT2D eigenvalue weighted by Gasteiger charge is -2.17. The Hall–Kier alpha value is -3.50. The lowest BCUT2D eigenvalue weighted by Crippen LogP contribution is -2.34. The van der Waals surface area contributed by atoms with Gasteiger partial charge in [-0.05, 0) is 60.5 Å². The van der Waals surface area contributed by atoms with Crippen LogP contribution in [0.3, 0.4) is 0 Å². The Morgan fingerprint density at radius 3 is 2.32 bits per heavy atom. The molecular formula is C24H28N2O7S. The maximum atomic E-state index is 12.9. The molecule has 2 N–H and O–H groups in total. The third-order valence-corrected chi connectivity index (χ3v) is 6.61. The van der Waals surface area contributed by atoms with E-state index in [2.05, 4.69) is 10.0 Å². The number of furan rings is 1. The number of ether oxygens (including phenoxy) is 3. The molecule has 9 nitrogen and oxygen atoms in total. The van der Waals surface area contributed by atoms with Crippen molar-refractivity contribution in [3.05, 3.63) is 72.2 Å². The summed E-state index contributed by atoms with van der Waals surface area (Å²) in [7, 11) is 0.719. The highest BCUT2D eigenvalue weighted by Crippen LogP contribution is 2.27. The molecule has 0 unspecified atom stereocenters. The molecule has 182 valence electrons. The molecule has 10 heteroatoms. The number of methoxy groups -OCH3 is 3. The molecule has 0 saturated carbocycles. The van der Waals surface area contributed by atoms with Gasteiger partial charge < -0.3 is 23.9 Å². The Morgan fingerprint density at radius 2 is 1.71 bits per heavy atom. The van der Waals surface area contributed by atoms with Gasteiger partial charge in [0, 0.05) is 6.54 Å². The van der Waals surface area contributed by atoms with Crippen molar-refractivity contribution < 1.29 is 31.8 Å². The topological polar surface area (TPSA) is 116 Å². The first-order valence-electron chi connectivity index (χ1n) is 10.5. The number of hydrogen-bond donors (Lipinski definition) is 2. The first-order chi connectivity index (χ1) is 16.4. The maximum Gasteiger partial charge on any atom is 0.241 e.